The molecule has 0 atom stereocenters. The van der Waals surface area contributed by atoms with E-state index in [2.05, 4.69) is 10.3 Å². The highest BCUT2D eigenvalue weighted by atomic mass is 16.5. The van der Waals surface area contributed by atoms with Crippen molar-refractivity contribution < 1.29 is 19.5 Å². The van der Waals surface area contributed by atoms with E-state index in [0.717, 1.165) is 5.56 Å². The third-order valence-corrected chi connectivity index (χ3v) is 2.98. The smallest absolute Gasteiger partial charge is 0.346 e. The highest BCUT2D eigenvalue weighted by Crippen LogP contribution is 2.22. The van der Waals surface area contributed by atoms with Crippen LogP contribution in [0.2, 0.25) is 0 Å². The number of amidine groups is 1. The summed E-state index contributed by atoms with van der Waals surface area (Å²) < 4.78 is 11.6. The normalized spacial score (nSPS) is 11.3. The number of nitrogens with two attached hydrogens (primary N) is 1. The minimum atomic E-state index is -0.671. The summed E-state index contributed by atoms with van der Waals surface area (Å²) in [7, 11) is 2.91. The molecule has 0 saturated carbocycles. The zero-order valence-corrected chi connectivity index (χ0v) is 12.2. The van der Waals surface area contributed by atoms with Gasteiger partial charge in [0.2, 0.25) is 5.88 Å². The van der Waals surface area contributed by atoms with Crippen molar-refractivity contribution >= 4 is 11.8 Å². The first-order valence-electron chi connectivity index (χ1n) is 6.38. The average Bonchev–Trinajstić information content (AvgIpc) is 2.89. The number of benzene rings is 1. The molecule has 1 aromatic carbocycles. The van der Waals surface area contributed by atoms with Crippen LogP contribution in [0.15, 0.2) is 35.5 Å². The predicted molar refractivity (Wildman–Crippen MR) is 77.8 cm³/mol. The minimum Gasteiger partial charge on any atom is -0.479 e. The van der Waals surface area contributed by atoms with E-state index in [1.54, 1.807) is 7.05 Å². The topological polar surface area (TPSA) is 112 Å². The number of hydrogen-bond acceptors (Lipinski definition) is 6. The van der Waals surface area contributed by atoms with Crippen LogP contribution in [-0.4, -0.2) is 33.9 Å². The molecule has 0 aliphatic carbocycles. The standard InChI is InChI=1S/C14H16N4O4/c1-18-11(12(15)17-20)10(13(16-18)21-2)14(19)22-8-9-6-4-3-5-7-9/h3-7,20H,8H2,1-2H3,(H2,15,17). The van der Waals surface area contributed by atoms with Gasteiger partial charge in [-0.05, 0) is 5.56 Å². The van der Waals surface area contributed by atoms with Gasteiger partial charge in [0.05, 0.1) is 7.11 Å². The molecule has 0 spiro atoms. The molecular formula is C14H16N4O4. The Morgan fingerprint density at radius 2 is 2.09 bits per heavy atom. The van der Waals surface area contributed by atoms with Crippen LogP contribution >= 0.6 is 0 Å². The predicted octanol–water partition coefficient (Wildman–Crippen LogP) is 0.880. The van der Waals surface area contributed by atoms with Gasteiger partial charge in [0.1, 0.15) is 12.3 Å². The molecule has 8 nitrogen and oxygen atoms in total. The van der Waals surface area contributed by atoms with Crippen LogP contribution in [0.3, 0.4) is 0 Å². The maximum atomic E-state index is 12.3. The lowest BCUT2D eigenvalue weighted by Crippen LogP contribution is -2.21. The maximum absolute atomic E-state index is 12.3. The SMILES string of the molecule is COc1nn(C)c(/C(N)=N/O)c1C(=O)OCc1ccccc1. The van der Waals surface area contributed by atoms with E-state index in [1.165, 1.54) is 11.8 Å². The summed E-state index contributed by atoms with van der Waals surface area (Å²) in [5.74, 6) is -0.887. The quantitative estimate of drug-likeness (QED) is 0.279. The van der Waals surface area contributed by atoms with Crippen LogP contribution in [0.4, 0.5) is 0 Å². The highest BCUT2D eigenvalue weighted by Gasteiger charge is 2.27. The molecule has 0 bridgehead atoms. The Kier molecular flexibility index (Phi) is 4.62. The first-order valence-corrected chi connectivity index (χ1v) is 6.38. The number of oxime groups is 1. The molecule has 116 valence electrons. The molecule has 0 fully saturated rings. The van der Waals surface area contributed by atoms with Crippen LogP contribution < -0.4 is 10.5 Å². The van der Waals surface area contributed by atoms with Gasteiger partial charge in [0, 0.05) is 7.05 Å². The first kappa shape index (κ1) is 15.4. The molecule has 0 aliphatic rings. The average molecular weight is 304 g/mol. The van der Waals surface area contributed by atoms with Gasteiger partial charge in [0.15, 0.2) is 11.4 Å². The Labute approximate surface area is 126 Å². The Balaban J connectivity index is 2.28. The molecule has 2 aromatic rings. The highest BCUT2D eigenvalue weighted by molar-refractivity contribution is 6.07. The fourth-order valence-electron chi connectivity index (χ4n) is 1.96. The summed E-state index contributed by atoms with van der Waals surface area (Å²) >= 11 is 0. The van der Waals surface area contributed by atoms with Crippen LogP contribution in [0.5, 0.6) is 5.88 Å². The van der Waals surface area contributed by atoms with E-state index in [4.69, 9.17) is 20.4 Å². The van der Waals surface area contributed by atoms with E-state index in [1.807, 2.05) is 30.3 Å². The number of hydrogen-bond donors (Lipinski definition) is 2. The monoisotopic (exact) mass is 304 g/mol. The molecule has 0 aliphatic heterocycles. The Morgan fingerprint density at radius 1 is 1.41 bits per heavy atom. The first-order chi connectivity index (χ1) is 10.6. The van der Waals surface area contributed by atoms with Crippen LogP contribution in [-0.2, 0) is 18.4 Å². The van der Waals surface area contributed by atoms with E-state index >= 15 is 0 Å². The summed E-state index contributed by atoms with van der Waals surface area (Å²) in [5, 5.41) is 15.7. The third kappa shape index (κ3) is 3.00. The lowest BCUT2D eigenvalue weighted by atomic mass is 10.2. The second-order valence-corrected chi connectivity index (χ2v) is 4.40. The maximum Gasteiger partial charge on any atom is 0.346 e. The number of carbonyl (C=O) groups is 1. The van der Waals surface area contributed by atoms with E-state index in [0.29, 0.717) is 0 Å². The molecule has 0 unspecified atom stereocenters. The number of carbonyl (C=O) groups excluding carboxylic acids is 1. The van der Waals surface area contributed by atoms with Gasteiger partial charge in [-0.25, -0.2) is 4.79 Å². The van der Waals surface area contributed by atoms with Crippen molar-refractivity contribution in [1.29, 1.82) is 0 Å². The zero-order chi connectivity index (χ0) is 16.1. The van der Waals surface area contributed by atoms with Crippen molar-refractivity contribution in [3.63, 3.8) is 0 Å². The minimum absolute atomic E-state index is 0.0104. The number of methoxy groups -OCH3 is 1. The lowest BCUT2D eigenvalue weighted by Gasteiger charge is -2.07. The summed E-state index contributed by atoms with van der Waals surface area (Å²) in [6.07, 6.45) is 0. The molecule has 8 heteroatoms. The number of nitrogens with zero attached hydrogens (tertiary/aromatic N) is 3. The second-order valence-electron chi connectivity index (χ2n) is 4.40. The Morgan fingerprint density at radius 3 is 2.68 bits per heavy atom. The molecule has 3 N–H and O–H groups in total. The van der Waals surface area contributed by atoms with E-state index in [-0.39, 0.29) is 29.6 Å². The van der Waals surface area contributed by atoms with Gasteiger partial charge in [-0.1, -0.05) is 35.5 Å². The van der Waals surface area contributed by atoms with E-state index in [9.17, 15) is 4.79 Å². The largest absolute Gasteiger partial charge is 0.479 e. The van der Waals surface area contributed by atoms with Crippen molar-refractivity contribution in [2.24, 2.45) is 17.9 Å². The lowest BCUT2D eigenvalue weighted by molar-refractivity contribution is 0.0468. The summed E-state index contributed by atoms with van der Waals surface area (Å²) in [5.41, 5.74) is 6.55. The van der Waals surface area contributed by atoms with Gasteiger partial charge >= 0.3 is 5.97 Å². The summed E-state index contributed by atoms with van der Waals surface area (Å²) in [6.45, 7) is 0.0906. The van der Waals surface area contributed by atoms with Gasteiger partial charge < -0.3 is 20.4 Å². The molecular weight excluding hydrogens is 288 g/mol. The Bertz CT molecular complexity index is 694. The zero-order valence-electron chi connectivity index (χ0n) is 12.2. The van der Waals surface area contributed by atoms with Gasteiger partial charge in [0.25, 0.3) is 0 Å². The number of aryl methyl sites for hydroxylation is 1. The second kappa shape index (κ2) is 6.61. The van der Waals surface area contributed by atoms with Crippen molar-refractivity contribution in [2.45, 2.75) is 6.61 Å². The van der Waals surface area contributed by atoms with Gasteiger partial charge in [-0.15, -0.1) is 5.10 Å². The molecule has 2 rings (SSSR count). The van der Waals surface area contributed by atoms with Crippen molar-refractivity contribution in [3.8, 4) is 5.88 Å². The van der Waals surface area contributed by atoms with E-state index < -0.39 is 5.97 Å². The van der Waals surface area contributed by atoms with Crippen molar-refractivity contribution in [3.05, 3.63) is 47.2 Å². The number of aromatic nitrogens is 2. The van der Waals surface area contributed by atoms with Crippen molar-refractivity contribution in [2.75, 3.05) is 7.11 Å². The van der Waals surface area contributed by atoms with Crippen LogP contribution in [0, 0.1) is 0 Å². The molecule has 22 heavy (non-hydrogen) atoms. The summed E-state index contributed by atoms with van der Waals surface area (Å²) in [4.78, 5) is 12.3. The summed E-state index contributed by atoms with van der Waals surface area (Å²) in [6, 6.07) is 9.22. The molecule has 1 aromatic heterocycles. The fraction of sp³-hybridized carbons (Fsp3) is 0.214. The third-order valence-electron chi connectivity index (χ3n) is 2.98. The molecule has 0 radical (unpaired) electrons. The molecule has 0 saturated heterocycles. The molecule has 0 amide bonds. The Hall–Kier alpha value is -3.03. The number of rotatable bonds is 5. The van der Waals surface area contributed by atoms with Gasteiger partial charge in [-0.3, -0.25) is 4.68 Å². The number of esters is 1. The number of ether oxygens (including phenoxy) is 2. The van der Waals surface area contributed by atoms with Crippen LogP contribution in [0.25, 0.3) is 0 Å². The van der Waals surface area contributed by atoms with Crippen molar-refractivity contribution in [1.82, 2.24) is 9.78 Å². The fourth-order valence-corrected chi connectivity index (χ4v) is 1.96. The van der Waals surface area contributed by atoms with Crippen LogP contribution in [0.1, 0.15) is 21.6 Å². The van der Waals surface area contributed by atoms with Gasteiger partial charge in [-0.2, -0.15) is 0 Å². The molecule has 1 heterocycles.